The number of hydrogen-bond acceptors (Lipinski definition) is 4. The van der Waals surface area contributed by atoms with Crippen molar-refractivity contribution in [1.82, 2.24) is 9.78 Å². The van der Waals surface area contributed by atoms with E-state index >= 15 is 0 Å². The predicted octanol–water partition coefficient (Wildman–Crippen LogP) is 1.86. The van der Waals surface area contributed by atoms with Crippen molar-refractivity contribution >= 4 is 17.2 Å². The number of anilines is 1. The van der Waals surface area contributed by atoms with Crippen LogP contribution in [-0.4, -0.2) is 21.5 Å². The van der Waals surface area contributed by atoms with E-state index in [1.807, 2.05) is 13.0 Å². The lowest BCUT2D eigenvalue weighted by molar-refractivity contribution is 0.270. The van der Waals surface area contributed by atoms with Crippen LogP contribution in [0.3, 0.4) is 0 Å². The summed E-state index contributed by atoms with van der Waals surface area (Å²) in [6.07, 6.45) is 0. The van der Waals surface area contributed by atoms with Gasteiger partial charge < -0.3 is 10.4 Å². The van der Waals surface area contributed by atoms with Crippen molar-refractivity contribution in [2.45, 2.75) is 20.0 Å². The Bertz CT molecular complexity index is 436. The highest BCUT2D eigenvalue weighted by atomic mass is 32.1. The average Bonchev–Trinajstić information content (AvgIpc) is 2.86. The normalized spacial score (nSPS) is 10.6. The zero-order valence-corrected chi connectivity index (χ0v) is 10.00. The lowest BCUT2D eigenvalue weighted by atomic mass is 10.3. The Morgan fingerprint density at radius 1 is 1.56 bits per heavy atom. The number of aryl methyl sites for hydroxylation is 1. The molecule has 0 saturated heterocycles. The van der Waals surface area contributed by atoms with E-state index in [2.05, 4.69) is 27.2 Å². The third kappa shape index (κ3) is 2.62. The summed E-state index contributed by atoms with van der Waals surface area (Å²) in [5.74, 6) is 0.956. The van der Waals surface area contributed by atoms with Crippen LogP contribution < -0.4 is 5.32 Å². The van der Waals surface area contributed by atoms with Gasteiger partial charge in [-0.15, -0.1) is 0 Å². The first-order chi connectivity index (χ1) is 7.79. The van der Waals surface area contributed by atoms with Crippen LogP contribution in [0.1, 0.15) is 11.3 Å². The van der Waals surface area contributed by atoms with Crippen LogP contribution in [0, 0.1) is 6.92 Å². The van der Waals surface area contributed by atoms with Crippen molar-refractivity contribution in [3.8, 4) is 0 Å². The second kappa shape index (κ2) is 5.14. The highest BCUT2D eigenvalue weighted by Crippen LogP contribution is 2.13. The summed E-state index contributed by atoms with van der Waals surface area (Å²) < 4.78 is 1.79. The van der Waals surface area contributed by atoms with Crippen molar-refractivity contribution in [2.24, 2.45) is 0 Å². The van der Waals surface area contributed by atoms with Gasteiger partial charge in [-0.3, -0.25) is 0 Å². The van der Waals surface area contributed by atoms with E-state index in [1.165, 1.54) is 5.56 Å². The van der Waals surface area contributed by atoms with Gasteiger partial charge in [0.15, 0.2) is 0 Å². The van der Waals surface area contributed by atoms with Crippen molar-refractivity contribution < 1.29 is 5.11 Å². The molecule has 16 heavy (non-hydrogen) atoms. The van der Waals surface area contributed by atoms with Gasteiger partial charge in [0.05, 0.1) is 18.8 Å². The van der Waals surface area contributed by atoms with Crippen LogP contribution in [0.4, 0.5) is 5.82 Å². The average molecular weight is 237 g/mol. The maximum atomic E-state index is 8.92. The van der Waals surface area contributed by atoms with E-state index in [1.54, 1.807) is 16.0 Å². The standard InChI is InChI=1S/C11H15N3OS/c1-9-6-11(14(13-9)3-4-15)12-7-10-2-5-16-8-10/h2,5-6,8,12,15H,3-4,7H2,1H3. The second-order valence-corrected chi connectivity index (χ2v) is 4.38. The number of thiophene rings is 1. The summed E-state index contributed by atoms with van der Waals surface area (Å²) in [5.41, 5.74) is 2.22. The molecule has 2 rings (SSSR count). The number of rotatable bonds is 5. The van der Waals surface area contributed by atoms with Crippen molar-refractivity contribution in [3.63, 3.8) is 0 Å². The molecule has 0 amide bonds. The van der Waals surface area contributed by atoms with E-state index in [0.717, 1.165) is 18.1 Å². The molecule has 0 aliphatic rings. The minimum absolute atomic E-state index is 0.105. The fraction of sp³-hybridized carbons (Fsp3) is 0.364. The predicted molar refractivity (Wildman–Crippen MR) is 65.7 cm³/mol. The van der Waals surface area contributed by atoms with E-state index in [0.29, 0.717) is 6.54 Å². The number of nitrogens with one attached hydrogen (secondary N) is 1. The third-order valence-corrected chi connectivity index (χ3v) is 3.00. The Balaban J connectivity index is 2.02. The van der Waals surface area contributed by atoms with E-state index in [9.17, 15) is 0 Å². The molecule has 0 radical (unpaired) electrons. The quantitative estimate of drug-likeness (QED) is 0.834. The molecule has 2 aromatic rings. The fourth-order valence-corrected chi connectivity index (χ4v) is 2.21. The SMILES string of the molecule is Cc1cc(NCc2ccsc2)n(CCO)n1. The first kappa shape index (κ1) is 11.2. The minimum atomic E-state index is 0.105. The molecule has 0 atom stereocenters. The molecule has 4 nitrogen and oxygen atoms in total. The molecular weight excluding hydrogens is 222 g/mol. The highest BCUT2D eigenvalue weighted by molar-refractivity contribution is 7.07. The first-order valence-electron chi connectivity index (χ1n) is 5.20. The Kier molecular flexibility index (Phi) is 3.58. The largest absolute Gasteiger partial charge is 0.394 e. The maximum absolute atomic E-state index is 8.92. The molecule has 0 aromatic carbocycles. The van der Waals surface area contributed by atoms with Gasteiger partial charge in [0.1, 0.15) is 5.82 Å². The lowest BCUT2D eigenvalue weighted by Gasteiger charge is -2.07. The number of aliphatic hydroxyl groups is 1. The van der Waals surface area contributed by atoms with Crippen LogP contribution in [0.5, 0.6) is 0 Å². The summed E-state index contributed by atoms with van der Waals surface area (Å²) in [7, 11) is 0. The van der Waals surface area contributed by atoms with Crippen molar-refractivity contribution in [1.29, 1.82) is 0 Å². The molecule has 0 aliphatic heterocycles. The summed E-state index contributed by atoms with van der Waals surface area (Å²) in [6.45, 7) is 3.37. The van der Waals surface area contributed by atoms with Gasteiger partial charge in [0.25, 0.3) is 0 Å². The molecule has 0 saturated carbocycles. The van der Waals surface area contributed by atoms with Gasteiger partial charge in [-0.1, -0.05) is 0 Å². The van der Waals surface area contributed by atoms with E-state index in [4.69, 9.17) is 5.11 Å². The van der Waals surface area contributed by atoms with Crippen LogP contribution in [0.15, 0.2) is 22.9 Å². The van der Waals surface area contributed by atoms with Gasteiger partial charge in [-0.2, -0.15) is 16.4 Å². The van der Waals surface area contributed by atoms with Crippen LogP contribution in [-0.2, 0) is 13.1 Å². The van der Waals surface area contributed by atoms with Gasteiger partial charge in [-0.05, 0) is 29.3 Å². The lowest BCUT2D eigenvalue weighted by Crippen LogP contribution is -2.09. The molecule has 2 heterocycles. The van der Waals surface area contributed by atoms with E-state index in [-0.39, 0.29) is 6.61 Å². The van der Waals surface area contributed by atoms with Crippen LogP contribution in [0.25, 0.3) is 0 Å². The van der Waals surface area contributed by atoms with Crippen LogP contribution in [0.2, 0.25) is 0 Å². The Morgan fingerprint density at radius 2 is 2.44 bits per heavy atom. The van der Waals surface area contributed by atoms with E-state index < -0.39 is 0 Å². The number of aromatic nitrogens is 2. The molecule has 2 aromatic heterocycles. The smallest absolute Gasteiger partial charge is 0.124 e. The second-order valence-electron chi connectivity index (χ2n) is 3.60. The molecule has 0 aliphatic carbocycles. The summed E-state index contributed by atoms with van der Waals surface area (Å²) >= 11 is 1.69. The third-order valence-electron chi connectivity index (χ3n) is 2.27. The molecule has 0 unspecified atom stereocenters. The zero-order valence-electron chi connectivity index (χ0n) is 9.18. The first-order valence-corrected chi connectivity index (χ1v) is 6.14. The topological polar surface area (TPSA) is 50.1 Å². The Hall–Kier alpha value is -1.33. The summed E-state index contributed by atoms with van der Waals surface area (Å²) in [5, 5.41) is 20.7. The maximum Gasteiger partial charge on any atom is 0.124 e. The van der Waals surface area contributed by atoms with Crippen molar-refractivity contribution in [2.75, 3.05) is 11.9 Å². The molecule has 0 spiro atoms. The molecule has 0 fully saturated rings. The molecular formula is C11H15N3OS. The minimum Gasteiger partial charge on any atom is -0.394 e. The van der Waals surface area contributed by atoms with Gasteiger partial charge in [-0.25, -0.2) is 4.68 Å². The number of hydrogen-bond donors (Lipinski definition) is 2. The van der Waals surface area contributed by atoms with Crippen molar-refractivity contribution in [3.05, 3.63) is 34.2 Å². The summed E-state index contributed by atoms with van der Waals surface area (Å²) in [6, 6.07) is 4.08. The Labute approximate surface area is 98.5 Å². The number of aliphatic hydroxyl groups excluding tert-OH is 1. The highest BCUT2D eigenvalue weighted by Gasteiger charge is 2.04. The monoisotopic (exact) mass is 237 g/mol. The molecule has 5 heteroatoms. The Morgan fingerprint density at radius 3 is 3.12 bits per heavy atom. The van der Waals surface area contributed by atoms with Gasteiger partial charge in [0.2, 0.25) is 0 Å². The summed E-state index contributed by atoms with van der Waals surface area (Å²) in [4.78, 5) is 0. The molecule has 0 bridgehead atoms. The number of nitrogens with zero attached hydrogens (tertiary/aromatic N) is 2. The van der Waals surface area contributed by atoms with Gasteiger partial charge >= 0.3 is 0 Å². The zero-order chi connectivity index (χ0) is 11.4. The fourth-order valence-electron chi connectivity index (χ4n) is 1.54. The van der Waals surface area contributed by atoms with Crippen LogP contribution >= 0.6 is 11.3 Å². The van der Waals surface area contributed by atoms with Gasteiger partial charge in [0, 0.05) is 12.6 Å². The molecule has 2 N–H and O–H groups in total. The molecule has 86 valence electrons.